The fourth-order valence-corrected chi connectivity index (χ4v) is 3.78. The molecule has 7 heteroatoms. The van der Waals surface area contributed by atoms with Crippen LogP contribution in [0.15, 0.2) is 58.4 Å². The van der Waals surface area contributed by atoms with E-state index in [0.717, 1.165) is 22.2 Å². The fraction of sp³-hybridized carbons (Fsp3) is 0.158. The van der Waals surface area contributed by atoms with Crippen LogP contribution in [0.2, 0.25) is 5.02 Å². The third-order valence-corrected chi connectivity index (χ3v) is 5.24. The van der Waals surface area contributed by atoms with Crippen molar-refractivity contribution in [2.75, 3.05) is 16.8 Å². The molecule has 0 saturated heterocycles. The lowest BCUT2D eigenvalue weighted by Crippen LogP contribution is -2.35. The molecule has 0 saturated carbocycles. The molecule has 0 aliphatic carbocycles. The van der Waals surface area contributed by atoms with Crippen LogP contribution < -0.4 is 10.2 Å². The van der Waals surface area contributed by atoms with Crippen LogP contribution in [0.1, 0.15) is 13.3 Å². The summed E-state index contributed by atoms with van der Waals surface area (Å²) in [6.45, 7) is 2.62. The normalized spacial score (nSPS) is 10.6. The van der Waals surface area contributed by atoms with Gasteiger partial charge in [-0.1, -0.05) is 46.6 Å². The second-order valence-electron chi connectivity index (χ2n) is 5.61. The Morgan fingerprint density at radius 3 is 2.73 bits per heavy atom. The second kappa shape index (κ2) is 8.66. The van der Waals surface area contributed by atoms with E-state index in [2.05, 4.69) is 26.2 Å². The van der Waals surface area contributed by atoms with E-state index < -0.39 is 0 Å². The van der Waals surface area contributed by atoms with Gasteiger partial charge in [0.2, 0.25) is 0 Å². The predicted molar refractivity (Wildman–Crippen MR) is 113 cm³/mol. The van der Waals surface area contributed by atoms with Gasteiger partial charge in [-0.05, 0) is 42.8 Å². The number of rotatable bonds is 5. The zero-order valence-electron chi connectivity index (χ0n) is 14.1. The van der Waals surface area contributed by atoms with E-state index in [-0.39, 0.29) is 6.03 Å². The third kappa shape index (κ3) is 4.63. The van der Waals surface area contributed by atoms with Crippen molar-refractivity contribution in [1.29, 1.82) is 0 Å². The number of nitrogens with zero attached hydrogens (tertiary/aromatic N) is 2. The third-order valence-electron chi connectivity index (χ3n) is 3.63. The summed E-state index contributed by atoms with van der Waals surface area (Å²) in [7, 11) is 0. The minimum atomic E-state index is -0.204. The maximum absolute atomic E-state index is 12.7. The highest BCUT2D eigenvalue weighted by molar-refractivity contribution is 9.10. The molecule has 0 radical (unpaired) electrons. The minimum Gasteiger partial charge on any atom is -0.307 e. The molecule has 3 aromatic rings. The molecule has 2 aromatic carbocycles. The molecular weight excluding hydrogens is 434 g/mol. The number of thiazole rings is 1. The van der Waals surface area contributed by atoms with Crippen LogP contribution >= 0.6 is 38.9 Å². The predicted octanol–water partition coefficient (Wildman–Crippen LogP) is 6.67. The van der Waals surface area contributed by atoms with Crippen molar-refractivity contribution in [2.24, 2.45) is 0 Å². The second-order valence-corrected chi connectivity index (χ2v) is 7.80. The first kappa shape index (κ1) is 18.9. The highest BCUT2D eigenvalue weighted by atomic mass is 79.9. The maximum atomic E-state index is 12.7. The van der Waals surface area contributed by atoms with Gasteiger partial charge in [-0.25, -0.2) is 9.78 Å². The fourth-order valence-electron chi connectivity index (χ4n) is 2.40. The summed E-state index contributed by atoms with van der Waals surface area (Å²) in [6.07, 6.45) is 0.833. The van der Waals surface area contributed by atoms with Gasteiger partial charge in [0.15, 0.2) is 5.13 Å². The molecule has 26 heavy (non-hydrogen) atoms. The maximum Gasteiger partial charge on any atom is 0.328 e. The van der Waals surface area contributed by atoms with E-state index in [0.29, 0.717) is 22.4 Å². The number of halogens is 2. The van der Waals surface area contributed by atoms with Crippen LogP contribution in [0.4, 0.5) is 15.6 Å². The van der Waals surface area contributed by atoms with Crippen LogP contribution in [-0.2, 0) is 0 Å². The zero-order chi connectivity index (χ0) is 18.5. The Morgan fingerprint density at radius 1 is 1.27 bits per heavy atom. The van der Waals surface area contributed by atoms with Crippen LogP contribution in [0.5, 0.6) is 0 Å². The van der Waals surface area contributed by atoms with Gasteiger partial charge >= 0.3 is 6.03 Å². The first-order valence-corrected chi connectivity index (χ1v) is 10.2. The van der Waals surface area contributed by atoms with Crippen LogP contribution in [0, 0.1) is 0 Å². The van der Waals surface area contributed by atoms with E-state index in [9.17, 15) is 4.79 Å². The number of hydrogen-bond donors (Lipinski definition) is 1. The number of benzene rings is 2. The van der Waals surface area contributed by atoms with Gasteiger partial charge < -0.3 is 5.32 Å². The molecule has 0 unspecified atom stereocenters. The van der Waals surface area contributed by atoms with Crippen molar-refractivity contribution in [1.82, 2.24) is 4.98 Å². The Hall–Kier alpha value is -1.89. The SMILES string of the molecule is CCCN(C(=O)Nc1ccc(Cl)cc1)c1nc(-c2cccc(Br)c2)cs1. The smallest absolute Gasteiger partial charge is 0.307 e. The standard InChI is InChI=1S/C19H17BrClN3OS/c1-2-10-24(18(25)22-16-8-6-15(21)7-9-16)19-23-17(12-26-19)13-4-3-5-14(20)11-13/h3-9,11-12H,2,10H2,1H3,(H,22,25). The average molecular weight is 451 g/mol. The molecule has 3 rings (SSSR count). The Kier molecular flexibility index (Phi) is 6.29. The Morgan fingerprint density at radius 2 is 2.04 bits per heavy atom. The largest absolute Gasteiger partial charge is 0.328 e. The van der Waals surface area contributed by atoms with Gasteiger partial charge in [0.25, 0.3) is 0 Å². The molecule has 0 aliphatic heterocycles. The molecule has 0 aliphatic rings. The van der Waals surface area contributed by atoms with Gasteiger partial charge in [-0.15, -0.1) is 11.3 Å². The van der Waals surface area contributed by atoms with Crippen molar-refractivity contribution in [3.63, 3.8) is 0 Å². The van der Waals surface area contributed by atoms with Crippen molar-refractivity contribution in [2.45, 2.75) is 13.3 Å². The Bertz CT molecular complexity index is 898. The summed E-state index contributed by atoms with van der Waals surface area (Å²) in [5.41, 5.74) is 2.56. The van der Waals surface area contributed by atoms with Crippen molar-refractivity contribution < 1.29 is 4.79 Å². The van der Waals surface area contributed by atoms with Gasteiger partial charge in [-0.2, -0.15) is 0 Å². The summed E-state index contributed by atoms with van der Waals surface area (Å²) in [5.74, 6) is 0. The molecule has 1 N–H and O–H groups in total. The highest BCUT2D eigenvalue weighted by Crippen LogP contribution is 2.29. The van der Waals surface area contributed by atoms with E-state index in [1.807, 2.05) is 36.6 Å². The molecule has 1 heterocycles. The molecule has 0 atom stereocenters. The first-order valence-electron chi connectivity index (χ1n) is 8.12. The summed E-state index contributed by atoms with van der Waals surface area (Å²) >= 11 is 10.8. The number of amides is 2. The molecule has 4 nitrogen and oxygen atoms in total. The number of hydrogen-bond acceptors (Lipinski definition) is 3. The van der Waals surface area contributed by atoms with Crippen LogP contribution in [0.3, 0.4) is 0 Å². The lowest BCUT2D eigenvalue weighted by atomic mass is 10.2. The average Bonchev–Trinajstić information content (AvgIpc) is 3.11. The van der Waals surface area contributed by atoms with Crippen molar-refractivity contribution in [3.8, 4) is 11.3 Å². The van der Waals surface area contributed by atoms with Gasteiger partial charge in [0.05, 0.1) is 5.69 Å². The van der Waals surface area contributed by atoms with E-state index in [1.54, 1.807) is 29.2 Å². The number of aromatic nitrogens is 1. The molecule has 0 spiro atoms. The van der Waals surface area contributed by atoms with Crippen molar-refractivity contribution >= 4 is 55.7 Å². The van der Waals surface area contributed by atoms with Gasteiger partial charge in [-0.3, -0.25) is 4.90 Å². The molecule has 2 amide bonds. The number of anilines is 2. The number of carbonyl (C=O) groups is 1. The highest BCUT2D eigenvalue weighted by Gasteiger charge is 2.19. The number of nitrogens with one attached hydrogen (secondary N) is 1. The summed E-state index contributed by atoms with van der Waals surface area (Å²) < 4.78 is 0.996. The molecule has 134 valence electrons. The summed E-state index contributed by atoms with van der Waals surface area (Å²) in [4.78, 5) is 19.1. The molecule has 0 fully saturated rings. The number of carbonyl (C=O) groups excluding carboxylic acids is 1. The van der Waals surface area contributed by atoms with Gasteiger partial charge in [0.1, 0.15) is 0 Å². The summed E-state index contributed by atoms with van der Waals surface area (Å²) in [6, 6.07) is 14.8. The van der Waals surface area contributed by atoms with E-state index in [1.165, 1.54) is 11.3 Å². The van der Waals surface area contributed by atoms with E-state index >= 15 is 0 Å². The monoisotopic (exact) mass is 449 g/mol. The molecule has 1 aromatic heterocycles. The van der Waals surface area contributed by atoms with Crippen LogP contribution in [0.25, 0.3) is 11.3 Å². The number of urea groups is 1. The zero-order valence-corrected chi connectivity index (χ0v) is 17.2. The van der Waals surface area contributed by atoms with Crippen LogP contribution in [-0.4, -0.2) is 17.6 Å². The molecule has 0 bridgehead atoms. The Balaban J connectivity index is 1.81. The lowest BCUT2D eigenvalue weighted by molar-refractivity contribution is 0.257. The van der Waals surface area contributed by atoms with Crippen molar-refractivity contribution in [3.05, 3.63) is 63.4 Å². The van der Waals surface area contributed by atoms with Gasteiger partial charge in [0, 0.05) is 32.7 Å². The molecular formula is C19H17BrClN3OS. The summed E-state index contributed by atoms with van der Waals surface area (Å²) in [5, 5.41) is 6.17. The minimum absolute atomic E-state index is 0.204. The van der Waals surface area contributed by atoms with E-state index in [4.69, 9.17) is 11.6 Å². The quantitative estimate of drug-likeness (QED) is 0.471. The Labute approximate surface area is 170 Å². The first-order chi connectivity index (χ1) is 12.6. The lowest BCUT2D eigenvalue weighted by Gasteiger charge is -2.19. The topological polar surface area (TPSA) is 45.2 Å².